The number of alkyl halides is 1. The van der Waals surface area contributed by atoms with Crippen LogP contribution in [0.25, 0.3) is 0 Å². The van der Waals surface area contributed by atoms with Crippen LogP contribution in [0.5, 0.6) is 0 Å². The van der Waals surface area contributed by atoms with Gasteiger partial charge in [0, 0.05) is 14.7 Å². The van der Waals surface area contributed by atoms with Crippen LogP contribution in [0.4, 0.5) is 0 Å². The van der Waals surface area contributed by atoms with E-state index in [2.05, 4.69) is 13.1 Å². The highest BCUT2D eigenvalue weighted by Gasteiger charge is 1.89. The first-order chi connectivity index (χ1) is 2.77. The lowest BCUT2D eigenvalue weighted by Gasteiger charge is -1.91. The first-order valence-corrected chi connectivity index (χ1v) is 5.36. The Morgan fingerprint density at radius 2 is 2.00 bits per heavy atom. The van der Waals surface area contributed by atoms with Gasteiger partial charge in [-0.2, -0.15) is 0 Å². The molecule has 0 unspecified atom stereocenters. The first kappa shape index (κ1) is 6.51. The van der Waals surface area contributed by atoms with E-state index in [1.165, 1.54) is 6.04 Å². The molecule has 0 spiro atoms. The van der Waals surface area contributed by atoms with E-state index >= 15 is 0 Å². The Bertz CT molecular complexity index is 28.7. The van der Waals surface area contributed by atoms with Gasteiger partial charge in [-0.15, -0.1) is 11.6 Å². The van der Waals surface area contributed by atoms with Crippen molar-refractivity contribution < 1.29 is 0 Å². The summed E-state index contributed by atoms with van der Waals surface area (Å²) >= 11 is 5.42. The van der Waals surface area contributed by atoms with Gasteiger partial charge in [0.15, 0.2) is 0 Å². The molecule has 0 fully saturated rings. The fraction of sp³-hybridized carbons (Fsp3) is 1.00. The molecule has 0 atom stereocenters. The van der Waals surface area contributed by atoms with Crippen LogP contribution in [0.3, 0.4) is 0 Å². The first-order valence-electron chi connectivity index (χ1n) is 2.12. The summed E-state index contributed by atoms with van der Waals surface area (Å²) in [6, 6.07) is 1.24. The van der Waals surface area contributed by atoms with E-state index in [0.29, 0.717) is 0 Å². The molecule has 0 heterocycles. The van der Waals surface area contributed by atoms with Gasteiger partial charge in [-0.05, 0) is 6.04 Å². The summed E-state index contributed by atoms with van der Waals surface area (Å²) in [6.07, 6.45) is 0. The fourth-order valence-corrected chi connectivity index (χ4v) is 1.70. The van der Waals surface area contributed by atoms with Crippen molar-refractivity contribution in [3.8, 4) is 0 Å². The van der Waals surface area contributed by atoms with E-state index < -0.39 is 0 Å². The molecule has 2 heteroatoms. The molecule has 0 amide bonds. The van der Waals surface area contributed by atoms with Gasteiger partial charge in [-0.25, -0.2) is 0 Å². The van der Waals surface area contributed by atoms with E-state index in [-0.39, 0.29) is 8.80 Å². The lowest BCUT2D eigenvalue weighted by molar-refractivity contribution is 1.42. The minimum absolute atomic E-state index is 0.0175. The van der Waals surface area contributed by atoms with Crippen molar-refractivity contribution in [2.75, 3.05) is 5.88 Å². The van der Waals surface area contributed by atoms with Crippen molar-refractivity contribution in [3.05, 3.63) is 0 Å². The van der Waals surface area contributed by atoms with Crippen molar-refractivity contribution in [3.63, 3.8) is 0 Å². The van der Waals surface area contributed by atoms with E-state index in [4.69, 9.17) is 11.6 Å². The highest BCUT2D eigenvalue weighted by molar-refractivity contribution is 6.56. The molecular formula is C4H10ClSi. The second-order valence-electron chi connectivity index (χ2n) is 1.65. The summed E-state index contributed by atoms with van der Waals surface area (Å²) in [6.45, 7) is 4.54. The molecule has 0 aliphatic heterocycles. The fourth-order valence-electron chi connectivity index (χ4n) is 0.189. The molecule has 0 rings (SSSR count). The van der Waals surface area contributed by atoms with Crippen molar-refractivity contribution in [1.82, 2.24) is 0 Å². The molecule has 0 bridgehead atoms. The summed E-state index contributed by atoms with van der Waals surface area (Å²) in [5.41, 5.74) is 0. The molecule has 6 heavy (non-hydrogen) atoms. The van der Waals surface area contributed by atoms with Gasteiger partial charge in [0.25, 0.3) is 0 Å². The normalized spacial score (nSPS) is 10.0. The van der Waals surface area contributed by atoms with E-state index in [1.807, 2.05) is 0 Å². The Kier molecular flexibility index (Phi) is 4.00. The van der Waals surface area contributed by atoms with E-state index in [1.54, 1.807) is 0 Å². The Morgan fingerprint density at radius 3 is 2.00 bits per heavy atom. The van der Waals surface area contributed by atoms with Crippen LogP contribution in [0.1, 0.15) is 0 Å². The van der Waals surface area contributed by atoms with Gasteiger partial charge >= 0.3 is 0 Å². The SMILES string of the molecule is C[Si](C)CCCl. The van der Waals surface area contributed by atoms with Crippen LogP contribution in [-0.4, -0.2) is 14.7 Å². The Balaban J connectivity index is 2.63. The summed E-state index contributed by atoms with van der Waals surface area (Å²) in [4.78, 5) is 0. The molecule has 0 aromatic rings. The molecule has 0 aromatic carbocycles. The number of hydrogen-bond acceptors (Lipinski definition) is 0. The molecule has 1 radical (unpaired) electrons. The number of hydrogen-bond donors (Lipinski definition) is 0. The number of rotatable bonds is 2. The molecule has 0 aromatic heterocycles. The zero-order valence-corrected chi connectivity index (χ0v) is 6.05. The summed E-state index contributed by atoms with van der Waals surface area (Å²) in [5.74, 6) is 0.849. The van der Waals surface area contributed by atoms with Crippen LogP contribution >= 0.6 is 11.6 Å². The van der Waals surface area contributed by atoms with E-state index in [9.17, 15) is 0 Å². The topological polar surface area (TPSA) is 0 Å². The predicted molar refractivity (Wildman–Crippen MR) is 33.0 cm³/mol. The molecule has 0 N–H and O–H groups in total. The Labute approximate surface area is 46.1 Å². The van der Waals surface area contributed by atoms with Gasteiger partial charge in [0.05, 0.1) is 0 Å². The monoisotopic (exact) mass is 121 g/mol. The Morgan fingerprint density at radius 1 is 1.50 bits per heavy atom. The van der Waals surface area contributed by atoms with Gasteiger partial charge in [0.1, 0.15) is 0 Å². The third-order valence-electron chi connectivity index (χ3n) is 0.594. The minimum Gasteiger partial charge on any atom is -0.127 e. The minimum atomic E-state index is -0.0175. The largest absolute Gasteiger partial charge is 0.127 e. The molecule has 0 aliphatic carbocycles. The average Bonchev–Trinajstić information content (AvgIpc) is 1.35. The smallest absolute Gasteiger partial charge is 0.0424 e. The Hall–Kier alpha value is 0.507. The molecule has 37 valence electrons. The van der Waals surface area contributed by atoms with Crippen LogP contribution < -0.4 is 0 Å². The van der Waals surface area contributed by atoms with Crippen LogP contribution in [0, 0.1) is 0 Å². The average molecular weight is 122 g/mol. The van der Waals surface area contributed by atoms with Crippen molar-refractivity contribution >= 4 is 20.4 Å². The third kappa shape index (κ3) is 4.51. The lowest BCUT2D eigenvalue weighted by atomic mass is 11.0. The lowest BCUT2D eigenvalue weighted by Crippen LogP contribution is -1.97. The van der Waals surface area contributed by atoms with E-state index in [0.717, 1.165) is 5.88 Å². The molecular weight excluding hydrogens is 112 g/mol. The maximum atomic E-state index is 5.42. The standard InChI is InChI=1S/C4H10ClSi/c1-6(2)4-3-5/h3-4H2,1-2H3. The summed E-state index contributed by atoms with van der Waals surface area (Å²) in [7, 11) is -0.0175. The maximum Gasteiger partial charge on any atom is 0.0424 e. The van der Waals surface area contributed by atoms with Gasteiger partial charge in [0.2, 0.25) is 0 Å². The van der Waals surface area contributed by atoms with Gasteiger partial charge in [-0.3, -0.25) is 0 Å². The second-order valence-corrected chi connectivity index (χ2v) is 4.94. The summed E-state index contributed by atoms with van der Waals surface area (Å²) in [5, 5.41) is 0. The third-order valence-corrected chi connectivity index (χ3v) is 2.35. The highest BCUT2D eigenvalue weighted by atomic mass is 35.5. The second kappa shape index (κ2) is 3.69. The van der Waals surface area contributed by atoms with Crippen LogP contribution in [0.15, 0.2) is 0 Å². The van der Waals surface area contributed by atoms with Crippen molar-refractivity contribution in [2.45, 2.75) is 19.1 Å². The molecule has 0 saturated carbocycles. The van der Waals surface area contributed by atoms with Gasteiger partial charge < -0.3 is 0 Å². The highest BCUT2D eigenvalue weighted by Crippen LogP contribution is 1.91. The predicted octanol–water partition coefficient (Wildman–Crippen LogP) is 1.98. The zero-order chi connectivity index (χ0) is 4.99. The zero-order valence-electron chi connectivity index (χ0n) is 4.29. The molecule has 0 aliphatic rings. The van der Waals surface area contributed by atoms with Crippen molar-refractivity contribution in [2.24, 2.45) is 0 Å². The van der Waals surface area contributed by atoms with Gasteiger partial charge in [-0.1, -0.05) is 13.1 Å². The maximum absolute atomic E-state index is 5.42. The number of halogens is 1. The van der Waals surface area contributed by atoms with Crippen LogP contribution in [0.2, 0.25) is 19.1 Å². The summed E-state index contributed by atoms with van der Waals surface area (Å²) < 4.78 is 0. The molecule has 0 saturated heterocycles. The molecule has 0 nitrogen and oxygen atoms in total. The van der Waals surface area contributed by atoms with Crippen molar-refractivity contribution in [1.29, 1.82) is 0 Å². The quantitative estimate of drug-likeness (QED) is 0.387. The van der Waals surface area contributed by atoms with Crippen LogP contribution in [-0.2, 0) is 0 Å².